The smallest absolute Gasteiger partial charge is 0.335 e. The zero-order chi connectivity index (χ0) is 20.0. The minimum Gasteiger partial charge on any atom is -0.335 e. The summed E-state index contributed by atoms with van der Waals surface area (Å²) in [5.74, 6) is -0.304. The van der Waals surface area contributed by atoms with Gasteiger partial charge >= 0.3 is 6.18 Å². The third kappa shape index (κ3) is 3.81. The number of rotatable bonds is 3. The number of amides is 1. The number of piperazine rings is 1. The largest absolute Gasteiger partial charge is 0.433 e. The van der Waals surface area contributed by atoms with Crippen LogP contribution in [-0.4, -0.2) is 60.4 Å². The summed E-state index contributed by atoms with van der Waals surface area (Å²) in [6.45, 7) is 4.15. The summed E-state index contributed by atoms with van der Waals surface area (Å²) in [6, 6.07) is 2.24. The highest BCUT2D eigenvalue weighted by Crippen LogP contribution is 2.34. The monoisotopic (exact) mass is 421 g/mol. The van der Waals surface area contributed by atoms with E-state index < -0.39 is 21.9 Å². The third-order valence-electron chi connectivity index (χ3n) is 4.57. The van der Waals surface area contributed by atoms with Gasteiger partial charge < -0.3 is 4.90 Å². The van der Waals surface area contributed by atoms with Crippen molar-refractivity contribution in [1.29, 1.82) is 0 Å². The summed E-state index contributed by atoms with van der Waals surface area (Å²) in [5, 5.41) is 0.517. The minimum absolute atomic E-state index is 0.00355. The summed E-state index contributed by atoms with van der Waals surface area (Å²) in [4.78, 5) is 18.5. The Morgan fingerprint density at radius 3 is 2.41 bits per heavy atom. The van der Waals surface area contributed by atoms with Gasteiger partial charge in [-0.2, -0.15) is 17.5 Å². The minimum atomic E-state index is -4.54. The quantitative estimate of drug-likeness (QED) is 0.764. The van der Waals surface area contributed by atoms with Crippen molar-refractivity contribution >= 4 is 37.5 Å². The number of alkyl halides is 3. The first-order valence-electron chi connectivity index (χ1n) is 8.29. The number of halogens is 3. The lowest BCUT2D eigenvalue weighted by Gasteiger charge is -2.33. The Bertz CT molecular complexity index is 978. The molecule has 0 aromatic carbocycles. The number of aromatic nitrogens is 1. The van der Waals surface area contributed by atoms with Crippen molar-refractivity contribution in [2.75, 3.05) is 31.9 Å². The molecule has 0 N–H and O–H groups in total. The van der Waals surface area contributed by atoms with E-state index in [1.165, 1.54) is 15.3 Å². The van der Waals surface area contributed by atoms with Crippen LogP contribution in [-0.2, 0) is 16.2 Å². The molecule has 0 saturated carbocycles. The first-order chi connectivity index (χ1) is 12.5. The summed E-state index contributed by atoms with van der Waals surface area (Å²) in [6.07, 6.45) is -4.54. The van der Waals surface area contributed by atoms with E-state index in [9.17, 15) is 26.4 Å². The molecule has 11 heteroatoms. The summed E-state index contributed by atoms with van der Waals surface area (Å²) in [5.41, 5.74) is -0.404. The number of aryl methyl sites for hydroxylation is 1. The van der Waals surface area contributed by atoms with Crippen LogP contribution in [0.2, 0.25) is 0 Å². The lowest BCUT2D eigenvalue weighted by Crippen LogP contribution is -2.50. The molecule has 1 fully saturated rings. The Balaban J connectivity index is 1.83. The van der Waals surface area contributed by atoms with Crippen molar-refractivity contribution in [3.05, 3.63) is 28.3 Å². The van der Waals surface area contributed by atoms with E-state index in [1.54, 1.807) is 13.8 Å². The Hall–Kier alpha value is -1.72. The van der Waals surface area contributed by atoms with Crippen LogP contribution in [0.15, 0.2) is 12.1 Å². The summed E-state index contributed by atoms with van der Waals surface area (Å²) in [7, 11) is -3.30. The zero-order valence-corrected chi connectivity index (χ0v) is 16.3. The molecule has 1 saturated heterocycles. The first-order valence-corrected chi connectivity index (χ1v) is 10.7. The normalized spacial score (nSPS) is 16.9. The summed E-state index contributed by atoms with van der Waals surface area (Å²) >= 11 is 0.933. The highest BCUT2D eigenvalue weighted by Gasteiger charge is 2.34. The molecular weight excluding hydrogens is 403 g/mol. The maximum absolute atomic E-state index is 12.8. The van der Waals surface area contributed by atoms with Gasteiger partial charge in [-0.3, -0.25) is 4.79 Å². The molecule has 2 aromatic rings. The van der Waals surface area contributed by atoms with Gasteiger partial charge in [0.2, 0.25) is 10.0 Å². The molecule has 6 nitrogen and oxygen atoms in total. The highest BCUT2D eigenvalue weighted by atomic mass is 32.2. The number of carbonyl (C=O) groups excluding carboxylic acids is 1. The second-order valence-electron chi connectivity index (χ2n) is 6.19. The van der Waals surface area contributed by atoms with Crippen molar-refractivity contribution in [3.63, 3.8) is 0 Å². The van der Waals surface area contributed by atoms with Crippen LogP contribution < -0.4 is 0 Å². The fourth-order valence-corrected chi connectivity index (χ4v) is 5.19. The molecule has 3 heterocycles. The molecular formula is C16H18F3N3O3S2. The number of nitrogens with zero attached hydrogens (tertiary/aromatic N) is 3. The van der Waals surface area contributed by atoms with Crippen molar-refractivity contribution in [2.24, 2.45) is 0 Å². The van der Waals surface area contributed by atoms with Crippen molar-refractivity contribution < 1.29 is 26.4 Å². The predicted molar refractivity (Wildman–Crippen MR) is 96.3 cm³/mol. The fourth-order valence-electron chi connectivity index (χ4n) is 2.96. The fraction of sp³-hybridized carbons (Fsp3) is 0.500. The molecule has 0 radical (unpaired) electrons. The second-order valence-corrected chi connectivity index (χ2v) is 9.45. The first kappa shape index (κ1) is 20.0. The Labute approximate surface area is 158 Å². The Morgan fingerprint density at radius 2 is 1.85 bits per heavy atom. The molecule has 1 aliphatic rings. The van der Waals surface area contributed by atoms with E-state index in [0.29, 0.717) is 15.8 Å². The van der Waals surface area contributed by atoms with Gasteiger partial charge in [-0.25, -0.2) is 13.4 Å². The highest BCUT2D eigenvalue weighted by molar-refractivity contribution is 7.89. The predicted octanol–water partition coefficient (Wildman–Crippen LogP) is 2.73. The van der Waals surface area contributed by atoms with Crippen LogP contribution in [0.5, 0.6) is 0 Å². The number of sulfonamides is 1. The van der Waals surface area contributed by atoms with Crippen molar-refractivity contribution in [1.82, 2.24) is 14.2 Å². The average Bonchev–Trinajstić information content (AvgIpc) is 2.96. The maximum atomic E-state index is 12.8. The van der Waals surface area contributed by atoms with Gasteiger partial charge in [0, 0.05) is 31.6 Å². The lowest BCUT2D eigenvalue weighted by molar-refractivity contribution is -0.140. The van der Waals surface area contributed by atoms with Gasteiger partial charge in [0.15, 0.2) is 0 Å². The SMILES string of the molecule is CCS(=O)(=O)N1CCN(C(=O)c2sc3nc(C(F)(F)F)ccc3c2C)CC1. The second kappa shape index (κ2) is 7.02. The molecule has 0 unspecified atom stereocenters. The maximum Gasteiger partial charge on any atom is 0.433 e. The Morgan fingerprint density at radius 1 is 1.22 bits per heavy atom. The van der Waals surface area contributed by atoms with E-state index in [1.807, 2.05) is 0 Å². The lowest BCUT2D eigenvalue weighted by atomic mass is 10.1. The number of carbonyl (C=O) groups is 1. The van der Waals surface area contributed by atoms with Gasteiger partial charge in [0.05, 0.1) is 10.6 Å². The Kier molecular flexibility index (Phi) is 5.21. The van der Waals surface area contributed by atoms with Gasteiger partial charge in [0.25, 0.3) is 5.91 Å². The number of thiophene rings is 1. The summed E-state index contributed by atoms with van der Waals surface area (Å²) < 4.78 is 63.7. The van der Waals surface area contributed by atoms with Crippen molar-refractivity contribution in [2.45, 2.75) is 20.0 Å². The molecule has 2 aromatic heterocycles. The number of hydrogen-bond donors (Lipinski definition) is 0. The standard InChI is InChI=1S/C16H18F3N3O3S2/c1-3-27(24,25)22-8-6-21(7-9-22)15(23)13-10(2)11-4-5-12(16(17,18)19)20-14(11)26-13/h4-5H,3,6-9H2,1-2H3. The van der Waals surface area contributed by atoms with E-state index in [4.69, 9.17) is 0 Å². The number of pyridine rings is 1. The molecule has 0 atom stereocenters. The van der Waals surface area contributed by atoms with Crippen LogP contribution in [0.4, 0.5) is 13.2 Å². The molecule has 0 aliphatic carbocycles. The van der Waals surface area contributed by atoms with Crippen LogP contribution >= 0.6 is 11.3 Å². The molecule has 1 amide bonds. The van der Waals surface area contributed by atoms with Crippen LogP contribution in [0, 0.1) is 6.92 Å². The van der Waals surface area contributed by atoms with Crippen LogP contribution in [0.3, 0.4) is 0 Å². The van der Waals surface area contributed by atoms with E-state index in [-0.39, 0.29) is 42.7 Å². The van der Waals surface area contributed by atoms with Crippen molar-refractivity contribution in [3.8, 4) is 0 Å². The topological polar surface area (TPSA) is 70.6 Å². The van der Waals surface area contributed by atoms with Crippen LogP contribution in [0.1, 0.15) is 27.9 Å². The van der Waals surface area contributed by atoms with E-state index in [0.717, 1.165) is 17.4 Å². The molecule has 0 bridgehead atoms. The van der Waals surface area contributed by atoms with Gasteiger partial charge in [-0.05, 0) is 31.5 Å². The molecule has 148 valence electrons. The van der Waals surface area contributed by atoms with Crippen LogP contribution in [0.25, 0.3) is 10.2 Å². The van der Waals surface area contributed by atoms with Gasteiger partial charge in [-0.1, -0.05) is 0 Å². The molecule has 1 aliphatic heterocycles. The average molecular weight is 421 g/mol. The zero-order valence-electron chi connectivity index (χ0n) is 14.7. The van der Waals surface area contributed by atoms with Gasteiger partial charge in [0.1, 0.15) is 10.5 Å². The third-order valence-corrected chi connectivity index (χ3v) is 7.64. The molecule has 3 rings (SSSR count). The number of hydrogen-bond acceptors (Lipinski definition) is 5. The molecule has 27 heavy (non-hydrogen) atoms. The molecule has 0 spiro atoms. The van der Waals surface area contributed by atoms with E-state index in [2.05, 4.69) is 4.98 Å². The number of fused-ring (bicyclic) bond motifs is 1. The van der Waals surface area contributed by atoms with Gasteiger partial charge in [-0.15, -0.1) is 11.3 Å². The van der Waals surface area contributed by atoms with E-state index >= 15 is 0 Å².